The zero-order valence-electron chi connectivity index (χ0n) is 11.7. The van der Waals surface area contributed by atoms with Crippen LogP contribution in [0.2, 0.25) is 0 Å². The summed E-state index contributed by atoms with van der Waals surface area (Å²) in [6.07, 6.45) is 1.48. The van der Waals surface area contributed by atoms with Gasteiger partial charge >= 0.3 is 5.97 Å². The lowest BCUT2D eigenvalue weighted by atomic mass is 10.1. The molecule has 0 aliphatic rings. The molecule has 2 aromatic rings. The second-order valence-corrected chi connectivity index (χ2v) is 4.80. The monoisotopic (exact) mass is 289 g/mol. The number of aryl methyl sites for hydroxylation is 1. The third kappa shape index (κ3) is 3.07. The molecule has 0 amide bonds. The fraction of sp³-hybridized carbons (Fsp3) is 0.286. The predicted molar refractivity (Wildman–Crippen MR) is 78.7 cm³/mol. The molecule has 7 nitrogen and oxygen atoms in total. The van der Waals surface area contributed by atoms with E-state index in [1.165, 1.54) is 12.3 Å². The number of nitro groups is 1. The molecule has 21 heavy (non-hydrogen) atoms. The predicted octanol–water partition coefficient (Wildman–Crippen LogP) is 2.36. The third-order valence-electron chi connectivity index (χ3n) is 3.26. The van der Waals surface area contributed by atoms with Crippen molar-refractivity contribution in [1.29, 1.82) is 0 Å². The maximum absolute atomic E-state index is 11.1. The van der Waals surface area contributed by atoms with Crippen LogP contribution in [0.15, 0.2) is 24.4 Å². The average Bonchev–Trinajstić information content (AvgIpc) is 2.43. The second kappa shape index (κ2) is 5.74. The van der Waals surface area contributed by atoms with Crippen molar-refractivity contribution < 1.29 is 14.8 Å². The molecule has 1 aromatic heterocycles. The van der Waals surface area contributed by atoms with Crippen LogP contribution in [0.1, 0.15) is 12.1 Å². The lowest BCUT2D eigenvalue weighted by molar-refractivity contribution is -0.383. The molecule has 0 unspecified atom stereocenters. The highest BCUT2D eigenvalue weighted by molar-refractivity contribution is 5.99. The molecule has 0 atom stereocenters. The minimum absolute atomic E-state index is 0.000946. The molecule has 110 valence electrons. The number of rotatable bonds is 5. The molecule has 0 spiro atoms. The van der Waals surface area contributed by atoms with E-state index in [1.807, 2.05) is 0 Å². The van der Waals surface area contributed by atoms with Crippen molar-refractivity contribution in [3.8, 4) is 0 Å². The van der Waals surface area contributed by atoms with Crippen molar-refractivity contribution in [3.63, 3.8) is 0 Å². The highest BCUT2D eigenvalue weighted by atomic mass is 16.6. The molecule has 0 bridgehead atoms. The molecule has 0 saturated heterocycles. The lowest BCUT2D eigenvalue weighted by Gasteiger charge is -2.20. The number of nitro benzene ring substituents is 1. The first kappa shape index (κ1) is 14.7. The molecule has 7 heteroatoms. The number of pyridine rings is 1. The average molecular weight is 289 g/mol. The number of carbonyl (C=O) groups is 1. The van der Waals surface area contributed by atoms with E-state index < -0.39 is 10.9 Å². The Morgan fingerprint density at radius 2 is 2.14 bits per heavy atom. The number of carboxylic acid groups (broad SMARTS) is 1. The van der Waals surface area contributed by atoms with Gasteiger partial charge in [0.25, 0.3) is 5.69 Å². The van der Waals surface area contributed by atoms with Crippen LogP contribution in [0, 0.1) is 17.0 Å². The Morgan fingerprint density at radius 1 is 1.43 bits per heavy atom. The van der Waals surface area contributed by atoms with Gasteiger partial charge in [-0.05, 0) is 19.1 Å². The molecule has 1 N–H and O–H groups in total. The quantitative estimate of drug-likeness (QED) is 0.670. The Morgan fingerprint density at radius 3 is 2.76 bits per heavy atom. The van der Waals surface area contributed by atoms with Gasteiger partial charge in [-0.25, -0.2) is 0 Å². The van der Waals surface area contributed by atoms with Crippen molar-refractivity contribution >= 4 is 28.1 Å². The molecule has 1 aromatic carbocycles. The van der Waals surface area contributed by atoms with Gasteiger partial charge in [-0.15, -0.1) is 0 Å². The lowest BCUT2D eigenvalue weighted by Crippen LogP contribution is -2.21. The van der Waals surface area contributed by atoms with Crippen LogP contribution >= 0.6 is 0 Å². The maximum atomic E-state index is 11.1. The molecule has 0 saturated carbocycles. The van der Waals surface area contributed by atoms with Crippen LogP contribution in [0.25, 0.3) is 10.8 Å². The van der Waals surface area contributed by atoms with E-state index in [0.717, 1.165) is 11.4 Å². The SMILES string of the molecule is Cc1cc2c(N(C)CCC(=O)O)ccc([N+](=O)[O-])c2cn1. The summed E-state index contributed by atoms with van der Waals surface area (Å²) in [4.78, 5) is 27.2. The minimum Gasteiger partial charge on any atom is -0.481 e. The summed E-state index contributed by atoms with van der Waals surface area (Å²) in [6, 6.07) is 4.84. The Balaban J connectivity index is 2.54. The van der Waals surface area contributed by atoms with E-state index >= 15 is 0 Å². The van der Waals surface area contributed by atoms with Crippen molar-refractivity contribution in [1.82, 2.24) is 4.98 Å². The summed E-state index contributed by atoms with van der Waals surface area (Å²) in [6.45, 7) is 2.13. The van der Waals surface area contributed by atoms with Crippen molar-refractivity contribution in [2.45, 2.75) is 13.3 Å². The van der Waals surface area contributed by atoms with E-state index in [0.29, 0.717) is 17.3 Å². The fourth-order valence-corrected chi connectivity index (χ4v) is 2.19. The van der Waals surface area contributed by atoms with Gasteiger partial charge in [0.1, 0.15) is 0 Å². The van der Waals surface area contributed by atoms with Crippen LogP contribution in [0.3, 0.4) is 0 Å². The highest BCUT2D eigenvalue weighted by Crippen LogP contribution is 2.33. The number of anilines is 1. The summed E-state index contributed by atoms with van der Waals surface area (Å²) in [5.74, 6) is -0.883. The second-order valence-electron chi connectivity index (χ2n) is 4.80. The van der Waals surface area contributed by atoms with Crippen LogP contribution in [0.5, 0.6) is 0 Å². The summed E-state index contributed by atoms with van der Waals surface area (Å²) in [5.41, 5.74) is 1.49. The largest absolute Gasteiger partial charge is 0.481 e. The molecule has 2 rings (SSSR count). The minimum atomic E-state index is -0.883. The number of carboxylic acids is 1. The van der Waals surface area contributed by atoms with Crippen molar-refractivity contribution in [3.05, 3.63) is 40.2 Å². The van der Waals surface area contributed by atoms with E-state index in [-0.39, 0.29) is 12.1 Å². The Hall–Kier alpha value is -2.70. The molecule has 0 aliphatic heterocycles. The van der Waals surface area contributed by atoms with Crippen LogP contribution in [-0.2, 0) is 4.79 Å². The first-order chi connectivity index (χ1) is 9.90. The number of benzene rings is 1. The molecular weight excluding hydrogens is 274 g/mol. The topological polar surface area (TPSA) is 96.6 Å². The van der Waals surface area contributed by atoms with Gasteiger partial charge in [0.05, 0.1) is 16.7 Å². The smallest absolute Gasteiger partial charge is 0.305 e. The van der Waals surface area contributed by atoms with E-state index in [1.54, 1.807) is 31.0 Å². The van der Waals surface area contributed by atoms with Gasteiger partial charge in [-0.1, -0.05) is 0 Å². The normalized spacial score (nSPS) is 10.6. The van der Waals surface area contributed by atoms with Gasteiger partial charge in [-0.3, -0.25) is 19.9 Å². The van der Waals surface area contributed by atoms with Gasteiger partial charge in [-0.2, -0.15) is 0 Å². The van der Waals surface area contributed by atoms with Crippen LogP contribution in [-0.4, -0.2) is 34.6 Å². The summed E-state index contributed by atoms with van der Waals surface area (Å²) >= 11 is 0. The van der Waals surface area contributed by atoms with Crippen molar-refractivity contribution in [2.75, 3.05) is 18.5 Å². The molecule has 0 aliphatic carbocycles. The van der Waals surface area contributed by atoms with Gasteiger partial charge in [0.2, 0.25) is 0 Å². The maximum Gasteiger partial charge on any atom is 0.305 e. The number of fused-ring (bicyclic) bond motifs is 1. The number of hydrogen-bond donors (Lipinski definition) is 1. The Kier molecular flexibility index (Phi) is 4.02. The number of nitrogens with zero attached hydrogens (tertiary/aromatic N) is 3. The van der Waals surface area contributed by atoms with Gasteiger partial charge in [0, 0.05) is 42.6 Å². The van der Waals surface area contributed by atoms with Gasteiger partial charge in [0.15, 0.2) is 0 Å². The fourth-order valence-electron chi connectivity index (χ4n) is 2.19. The number of aromatic nitrogens is 1. The zero-order chi connectivity index (χ0) is 15.6. The standard InChI is InChI=1S/C14H15N3O4/c1-9-7-10-11(8-15-9)13(17(20)21)4-3-12(10)16(2)6-5-14(18)19/h3-4,7-8H,5-6H2,1-2H3,(H,18,19). The number of non-ortho nitro benzene ring substituents is 1. The zero-order valence-corrected chi connectivity index (χ0v) is 11.7. The first-order valence-electron chi connectivity index (χ1n) is 6.37. The Labute approximate surface area is 121 Å². The Bertz CT molecular complexity index is 715. The van der Waals surface area contributed by atoms with E-state index in [4.69, 9.17) is 5.11 Å². The molecule has 1 heterocycles. The van der Waals surface area contributed by atoms with Crippen LogP contribution in [0.4, 0.5) is 11.4 Å². The molecule has 0 fully saturated rings. The van der Waals surface area contributed by atoms with E-state index in [9.17, 15) is 14.9 Å². The summed E-state index contributed by atoms with van der Waals surface area (Å²) in [5, 5.41) is 21.0. The summed E-state index contributed by atoms with van der Waals surface area (Å²) in [7, 11) is 1.76. The van der Waals surface area contributed by atoms with Gasteiger partial charge < -0.3 is 10.0 Å². The van der Waals surface area contributed by atoms with Crippen LogP contribution < -0.4 is 4.90 Å². The third-order valence-corrected chi connectivity index (χ3v) is 3.26. The van der Waals surface area contributed by atoms with Crippen molar-refractivity contribution in [2.24, 2.45) is 0 Å². The first-order valence-corrected chi connectivity index (χ1v) is 6.37. The molecule has 0 radical (unpaired) electrons. The summed E-state index contributed by atoms with van der Waals surface area (Å²) < 4.78 is 0. The number of aliphatic carboxylic acids is 1. The highest BCUT2D eigenvalue weighted by Gasteiger charge is 2.17. The number of hydrogen-bond acceptors (Lipinski definition) is 5. The molecular formula is C14H15N3O4. The van der Waals surface area contributed by atoms with E-state index in [2.05, 4.69) is 4.98 Å².